The van der Waals surface area contributed by atoms with Gasteiger partial charge in [-0.1, -0.05) is 24.3 Å². The number of halogens is 2. The first-order chi connectivity index (χ1) is 15.0. The molecule has 2 aromatic rings. The Morgan fingerprint density at radius 2 is 1.10 bits per heavy atom. The Kier molecular flexibility index (Phi) is 7.36. The fourth-order valence-electron chi connectivity index (χ4n) is 5.43. The van der Waals surface area contributed by atoms with Crippen molar-refractivity contribution in [3.63, 3.8) is 0 Å². The largest absolute Gasteiger partial charge is 0.381 e. The molecule has 4 rings (SSSR count). The van der Waals surface area contributed by atoms with Crippen LogP contribution in [0.25, 0.3) is 0 Å². The topological polar surface area (TPSA) is 15.7 Å². The van der Waals surface area contributed by atoms with Crippen molar-refractivity contribution in [2.45, 2.75) is 24.7 Å². The molecule has 0 bridgehead atoms. The van der Waals surface area contributed by atoms with Gasteiger partial charge in [-0.25, -0.2) is 8.78 Å². The monoisotopic (exact) mass is 428 g/mol. The summed E-state index contributed by atoms with van der Waals surface area (Å²) in [7, 11) is 4.32. The van der Waals surface area contributed by atoms with Gasteiger partial charge >= 0.3 is 0 Å². The maximum Gasteiger partial charge on any atom is 0.123 e. The lowest BCUT2D eigenvalue weighted by Crippen LogP contribution is -2.41. The van der Waals surface area contributed by atoms with Crippen molar-refractivity contribution in [2.75, 3.05) is 53.5 Å². The van der Waals surface area contributed by atoms with E-state index < -0.39 is 0 Å². The van der Waals surface area contributed by atoms with E-state index in [1.807, 2.05) is 24.3 Å². The molecular formula is C26H34F2N2O. The lowest BCUT2D eigenvalue weighted by atomic mass is 9.80. The summed E-state index contributed by atoms with van der Waals surface area (Å²) in [5.74, 6) is 1.23. The zero-order valence-corrected chi connectivity index (χ0v) is 18.6. The molecule has 168 valence electrons. The van der Waals surface area contributed by atoms with Gasteiger partial charge in [0.05, 0.1) is 13.2 Å². The maximum atomic E-state index is 13.4. The van der Waals surface area contributed by atoms with E-state index in [0.717, 1.165) is 39.0 Å². The van der Waals surface area contributed by atoms with Crippen LogP contribution < -0.4 is 0 Å². The van der Waals surface area contributed by atoms with Crippen molar-refractivity contribution in [3.05, 3.63) is 71.3 Å². The minimum Gasteiger partial charge on any atom is -0.381 e. The molecule has 2 aliphatic rings. The lowest BCUT2D eigenvalue weighted by Gasteiger charge is -2.39. The van der Waals surface area contributed by atoms with Crippen LogP contribution >= 0.6 is 0 Å². The molecule has 5 heteroatoms. The SMILES string of the molecule is CN1CC[C@@H](c2ccc(F)cc2)[C@H](COC[C@@H]2CN(C)CC[C@H]2c2ccc(F)cc2)C1. The Morgan fingerprint density at radius 1 is 0.710 bits per heavy atom. The Bertz CT molecular complexity index is 757. The summed E-state index contributed by atoms with van der Waals surface area (Å²) in [4.78, 5) is 4.73. The molecule has 2 aliphatic heterocycles. The van der Waals surface area contributed by atoms with Gasteiger partial charge in [0.25, 0.3) is 0 Å². The molecule has 0 unspecified atom stereocenters. The summed E-state index contributed by atoms with van der Waals surface area (Å²) in [5, 5.41) is 0. The smallest absolute Gasteiger partial charge is 0.123 e. The van der Waals surface area contributed by atoms with Gasteiger partial charge < -0.3 is 14.5 Å². The molecule has 0 saturated carbocycles. The zero-order chi connectivity index (χ0) is 21.8. The first-order valence-electron chi connectivity index (χ1n) is 11.5. The third kappa shape index (κ3) is 5.71. The minimum atomic E-state index is -0.183. The number of benzene rings is 2. The van der Waals surface area contributed by atoms with Crippen LogP contribution in [0.1, 0.15) is 35.8 Å². The van der Waals surface area contributed by atoms with Crippen molar-refractivity contribution in [1.82, 2.24) is 9.80 Å². The van der Waals surface area contributed by atoms with Gasteiger partial charge in [-0.15, -0.1) is 0 Å². The normalized spacial score (nSPS) is 28.0. The summed E-state index contributed by atoms with van der Waals surface area (Å²) >= 11 is 0. The van der Waals surface area contributed by atoms with Gasteiger partial charge in [0, 0.05) is 24.9 Å². The predicted octanol–water partition coefficient (Wildman–Crippen LogP) is 4.75. The Balaban J connectivity index is 1.40. The summed E-state index contributed by atoms with van der Waals surface area (Å²) in [6, 6.07) is 14.0. The van der Waals surface area contributed by atoms with E-state index in [4.69, 9.17) is 4.74 Å². The zero-order valence-electron chi connectivity index (χ0n) is 18.6. The molecule has 2 aromatic carbocycles. The van der Waals surface area contributed by atoms with Crippen LogP contribution in [0.3, 0.4) is 0 Å². The number of piperidine rings is 2. The second kappa shape index (κ2) is 10.2. The molecule has 3 nitrogen and oxygen atoms in total. The molecule has 0 spiro atoms. The first-order valence-corrected chi connectivity index (χ1v) is 11.5. The van der Waals surface area contributed by atoms with Crippen molar-refractivity contribution in [1.29, 1.82) is 0 Å². The highest BCUT2D eigenvalue weighted by Crippen LogP contribution is 2.35. The second-order valence-electron chi connectivity index (χ2n) is 9.48. The van der Waals surface area contributed by atoms with Crippen LogP contribution in [-0.4, -0.2) is 63.3 Å². The number of ether oxygens (including phenoxy) is 1. The molecule has 0 amide bonds. The molecule has 2 saturated heterocycles. The van der Waals surface area contributed by atoms with Gasteiger partial charge in [0.15, 0.2) is 0 Å². The third-order valence-electron chi connectivity index (χ3n) is 7.13. The van der Waals surface area contributed by atoms with Crippen molar-refractivity contribution < 1.29 is 13.5 Å². The van der Waals surface area contributed by atoms with Crippen LogP contribution in [-0.2, 0) is 4.74 Å². The molecule has 2 heterocycles. The highest BCUT2D eigenvalue weighted by molar-refractivity contribution is 5.23. The van der Waals surface area contributed by atoms with Crippen LogP contribution in [0.15, 0.2) is 48.5 Å². The van der Waals surface area contributed by atoms with Crippen LogP contribution in [0, 0.1) is 23.5 Å². The highest BCUT2D eigenvalue weighted by Gasteiger charge is 2.32. The van der Waals surface area contributed by atoms with E-state index in [0.29, 0.717) is 36.9 Å². The summed E-state index contributed by atoms with van der Waals surface area (Å²) < 4.78 is 33.1. The van der Waals surface area contributed by atoms with Gasteiger partial charge in [-0.05, 0) is 87.3 Å². The van der Waals surface area contributed by atoms with E-state index in [1.54, 1.807) is 24.3 Å². The summed E-state index contributed by atoms with van der Waals surface area (Å²) in [6.45, 7) is 5.52. The van der Waals surface area contributed by atoms with Gasteiger partial charge in [0.1, 0.15) is 11.6 Å². The quantitative estimate of drug-likeness (QED) is 0.660. The fourth-order valence-corrected chi connectivity index (χ4v) is 5.43. The van der Waals surface area contributed by atoms with Crippen LogP contribution in [0.2, 0.25) is 0 Å². The average Bonchev–Trinajstić information content (AvgIpc) is 2.76. The molecule has 31 heavy (non-hydrogen) atoms. The van der Waals surface area contributed by atoms with Gasteiger partial charge in [-0.2, -0.15) is 0 Å². The number of likely N-dealkylation sites (tertiary alicyclic amines) is 2. The number of nitrogens with zero attached hydrogens (tertiary/aromatic N) is 2. The number of rotatable bonds is 6. The van der Waals surface area contributed by atoms with E-state index in [9.17, 15) is 8.78 Å². The summed E-state index contributed by atoms with van der Waals surface area (Å²) in [5.41, 5.74) is 2.43. The van der Waals surface area contributed by atoms with Crippen molar-refractivity contribution in [2.24, 2.45) is 11.8 Å². The molecule has 4 atom stereocenters. The van der Waals surface area contributed by atoms with E-state index in [1.165, 1.54) is 11.1 Å². The maximum absolute atomic E-state index is 13.4. The Labute approximate surface area is 185 Å². The standard InChI is InChI=1S/C26H34F2N2O/c1-29-13-11-25(19-3-7-23(27)8-4-19)21(15-29)17-31-18-22-16-30(2)14-12-26(22)20-5-9-24(28)10-6-20/h3-10,21-22,25-26H,11-18H2,1-2H3/t21-,22-,25-,26-/m0/s1. The van der Waals surface area contributed by atoms with E-state index in [2.05, 4.69) is 23.9 Å². The van der Waals surface area contributed by atoms with E-state index >= 15 is 0 Å². The average molecular weight is 429 g/mol. The molecular weight excluding hydrogens is 394 g/mol. The molecule has 0 aliphatic carbocycles. The van der Waals surface area contributed by atoms with Gasteiger partial charge in [-0.3, -0.25) is 0 Å². The second-order valence-corrected chi connectivity index (χ2v) is 9.48. The fraction of sp³-hybridized carbons (Fsp3) is 0.538. The molecule has 0 radical (unpaired) electrons. The van der Waals surface area contributed by atoms with Crippen LogP contribution in [0.5, 0.6) is 0 Å². The Hall–Kier alpha value is -1.82. The number of hydrogen-bond acceptors (Lipinski definition) is 3. The first kappa shape index (κ1) is 22.4. The predicted molar refractivity (Wildman–Crippen MR) is 120 cm³/mol. The minimum absolute atomic E-state index is 0.183. The molecule has 0 N–H and O–H groups in total. The number of hydrogen-bond donors (Lipinski definition) is 0. The lowest BCUT2D eigenvalue weighted by molar-refractivity contribution is 0.0171. The van der Waals surface area contributed by atoms with Crippen molar-refractivity contribution in [3.8, 4) is 0 Å². The van der Waals surface area contributed by atoms with Gasteiger partial charge in [0.2, 0.25) is 0 Å². The molecule has 0 aromatic heterocycles. The summed E-state index contributed by atoms with van der Waals surface area (Å²) in [6.07, 6.45) is 2.14. The molecule has 2 fully saturated rings. The third-order valence-corrected chi connectivity index (χ3v) is 7.13. The van der Waals surface area contributed by atoms with Crippen LogP contribution in [0.4, 0.5) is 8.78 Å². The van der Waals surface area contributed by atoms with Crippen molar-refractivity contribution >= 4 is 0 Å². The Morgan fingerprint density at radius 3 is 1.48 bits per heavy atom. The highest BCUT2D eigenvalue weighted by atomic mass is 19.1. The van der Waals surface area contributed by atoms with E-state index in [-0.39, 0.29) is 11.6 Å².